The number of benzene rings is 1. The molecular formula is C17H16N4O2S. The summed E-state index contributed by atoms with van der Waals surface area (Å²) in [6, 6.07) is 13.4. The molecule has 1 aliphatic rings. The van der Waals surface area contributed by atoms with Gasteiger partial charge in [0.15, 0.2) is 5.82 Å². The van der Waals surface area contributed by atoms with Crippen LogP contribution in [0.4, 0.5) is 0 Å². The monoisotopic (exact) mass is 340 g/mol. The highest BCUT2D eigenvalue weighted by Gasteiger charge is 2.29. The van der Waals surface area contributed by atoms with Crippen LogP contribution in [0.2, 0.25) is 0 Å². The number of nitrogens with zero attached hydrogens (tertiary/aromatic N) is 4. The van der Waals surface area contributed by atoms with Gasteiger partial charge in [0.2, 0.25) is 10.0 Å². The van der Waals surface area contributed by atoms with Crippen molar-refractivity contribution < 1.29 is 8.42 Å². The molecule has 0 fully saturated rings. The Morgan fingerprint density at radius 3 is 2.58 bits per heavy atom. The fourth-order valence-corrected chi connectivity index (χ4v) is 4.23. The normalized spacial score (nSPS) is 15.2. The lowest BCUT2D eigenvalue weighted by atomic mass is 10.0. The van der Waals surface area contributed by atoms with Crippen molar-refractivity contribution in [3.63, 3.8) is 0 Å². The van der Waals surface area contributed by atoms with Crippen molar-refractivity contribution in [1.29, 1.82) is 0 Å². The Bertz CT molecular complexity index is 967. The Morgan fingerprint density at radius 2 is 1.79 bits per heavy atom. The summed E-state index contributed by atoms with van der Waals surface area (Å²) in [5.41, 5.74) is 2.28. The first kappa shape index (κ1) is 15.0. The van der Waals surface area contributed by atoms with E-state index in [-0.39, 0.29) is 4.90 Å². The summed E-state index contributed by atoms with van der Waals surface area (Å²) < 4.78 is 28.8. The number of rotatable bonds is 3. The summed E-state index contributed by atoms with van der Waals surface area (Å²) in [5.74, 6) is 0.586. The first-order valence-electron chi connectivity index (χ1n) is 7.67. The SMILES string of the molecule is O=S(=O)(c1cnn(-c2ccccn2)c1)N1CCc2ccccc2C1. The summed E-state index contributed by atoms with van der Waals surface area (Å²) in [6.07, 6.45) is 5.26. The highest BCUT2D eigenvalue weighted by molar-refractivity contribution is 7.89. The molecule has 1 aliphatic heterocycles. The molecule has 0 atom stereocenters. The van der Waals surface area contributed by atoms with E-state index in [9.17, 15) is 8.42 Å². The predicted molar refractivity (Wildman–Crippen MR) is 89.1 cm³/mol. The second-order valence-corrected chi connectivity index (χ2v) is 7.60. The molecule has 0 aliphatic carbocycles. The second kappa shape index (κ2) is 5.85. The van der Waals surface area contributed by atoms with Gasteiger partial charge in [-0.25, -0.2) is 18.1 Å². The molecule has 0 saturated carbocycles. The van der Waals surface area contributed by atoms with E-state index in [0.29, 0.717) is 18.9 Å². The van der Waals surface area contributed by atoms with Gasteiger partial charge >= 0.3 is 0 Å². The summed E-state index contributed by atoms with van der Waals surface area (Å²) in [7, 11) is -3.57. The number of fused-ring (bicyclic) bond motifs is 1. The lowest BCUT2D eigenvalue weighted by Crippen LogP contribution is -2.35. The van der Waals surface area contributed by atoms with E-state index in [1.54, 1.807) is 18.3 Å². The molecular weight excluding hydrogens is 324 g/mol. The average Bonchev–Trinajstić information content (AvgIpc) is 3.13. The highest BCUT2D eigenvalue weighted by Crippen LogP contribution is 2.24. The molecule has 0 saturated heterocycles. The highest BCUT2D eigenvalue weighted by atomic mass is 32.2. The van der Waals surface area contributed by atoms with Crippen molar-refractivity contribution in [2.45, 2.75) is 17.9 Å². The quantitative estimate of drug-likeness (QED) is 0.731. The Labute approximate surface area is 140 Å². The van der Waals surface area contributed by atoms with Gasteiger partial charge in [0.25, 0.3) is 0 Å². The lowest BCUT2D eigenvalue weighted by Gasteiger charge is -2.27. The standard InChI is InChI=1S/C17H16N4O2S/c22-24(23,20-10-8-14-5-1-2-6-15(14)12-20)16-11-19-21(13-16)17-7-3-4-9-18-17/h1-7,9,11,13H,8,10,12H2. The van der Waals surface area contributed by atoms with Gasteiger partial charge in [-0.2, -0.15) is 9.40 Å². The molecule has 6 nitrogen and oxygen atoms in total. The Hall–Kier alpha value is -2.51. The number of hydrogen-bond donors (Lipinski definition) is 0. The fraction of sp³-hybridized carbons (Fsp3) is 0.176. The van der Waals surface area contributed by atoms with Crippen LogP contribution in [0.15, 0.2) is 66.0 Å². The summed E-state index contributed by atoms with van der Waals surface area (Å²) in [6.45, 7) is 0.876. The van der Waals surface area contributed by atoms with Crippen molar-refractivity contribution in [3.8, 4) is 5.82 Å². The van der Waals surface area contributed by atoms with Crippen molar-refractivity contribution in [1.82, 2.24) is 19.1 Å². The number of aromatic nitrogens is 3. The minimum Gasteiger partial charge on any atom is -0.237 e. The van der Waals surface area contributed by atoms with Crippen LogP contribution in [0.3, 0.4) is 0 Å². The van der Waals surface area contributed by atoms with Gasteiger partial charge in [0.1, 0.15) is 4.90 Å². The van der Waals surface area contributed by atoms with Crippen LogP contribution in [0.1, 0.15) is 11.1 Å². The lowest BCUT2D eigenvalue weighted by molar-refractivity contribution is 0.391. The molecule has 3 aromatic rings. The minimum atomic E-state index is -3.57. The topological polar surface area (TPSA) is 68.1 Å². The van der Waals surface area contributed by atoms with Gasteiger partial charge in [0, 0.05) is 19.3 Å². The number of pyridine rings is 1. The summed E-state index contributed by atoms with van der Waals surface area (Å²) in [5, 5.41) is 4.14. The van der Waals surface area contributed by atoms with Gasteiger partial charge in [-0.1, -0.05) is 30.3 Å². The van der Waals surface area contributed by atoms with Gasteiger partial charge in [0.05, 0.1) is 12.4 Å². The number of sulfonamides is 1. The summed E-state index contributed by atoms with van der Waals surface area (Å²) in [4.78, 5) is 4.37. The van der Waals surface area contributed by atoms with Crippen LogP contribution in [0.25, 0.3) is 5.82 Å². The molecule has 3 heterocycles. The largest absolute Gasteiger partial charge is 0.246 e. The molecule has 1 aromatic carbocycles. The van der Waals surface area contributed by atoms with E-state index in [1.165, 1.54) is 26.9 Å². The number of hydrogen-bond acceptors (Lipinski definition) is 4. The van der Waals surface area contributed by atoms with Crippen molar-refractivity contribution in [2.24, 2.45) is 0 Å². The fourth-order valence-electron chi connectivity index (χ4n) is 2.88. The minimum absolute atomic E-state index is 0.188. The molecule has 0 bridgehead atoms. The third-order valence-electron chi connectivity index (χ3n) is 4.18. The van der Waals surface area contributed by atoms with Crippen LogP contribution in [-0.2, 0) is 23.0 Å². The zero-order chi connectivity index (χ0) is 16.6. The molecule has 7 heteroatoms. The second-order valence-electron chi connectivity index (χ2n) is 5.67. The first-order valence-corrected chi connectivity index (χ1v) is 9.11. The third-order valence-corrected chi connectivity index (χ3v) is 5.97. The van der Waals surface area contributed by atoms with Crippen LogP contribution < -0.4 is 0 Å². The van der Waals surface area contributed by atoms with Crippen molar-refractivity contribution in [3.05, 3.63) is 72.2 Å². The van der Waals surface area contributed by atoms with Crippen LogP contribution in [0.5, 0.6) is 0 Å². The Kier molecular flexibility index (Phi) is 3.66. The van der Waals surface area contributed by atoms with Gasteiger partial charge in [-0.05, 0) is 29.7 Å². The predicted octanol–water partition coefficient (Wildman–Crippen LogP) is 2.01. The Balaban J connectivity index is 1.63. The summed E-state index contributed by atoms with van der Waals surface area (Å²) >= 11 is 0. The van der Waals surface area contributed by atoms with Gasteiger partial charge < -0.3 is 0 Å². The maximum Gasteiger partial charge on any atom is 0.246 e. The smallest absolute Gasteiger partial charge is 0.237 e. The molecule has 2 aromatic heterocycles. The first-order chi connectivity index (χ1) is 11.6. The molecule has 0 amide bonds. The average molecular weight is 340 g/mol. The van der Waals surface area contributed by atoms with Crippen molar-refractivity contribution in [2.75, 3.05) is 6.54 Å². The van der Waals surface area contributed by atoms with Crippen molar-refractivity contribution >= 4 is 10.0 Å². The van der Waals surface area contributed by atoms with Gasteiger partial charge in [-0.15, -0.1) is 0 Å². The van der Waals surface area contributed by atoms with E-state index in [2.05, 4.69) is 16.1 Å². The van der Waals surface area contributed by atoms with Crippen LogP contribution >= 0.6 is 0 Å². The molecule has 0 spiro atoms. The molecule has 0 unspecified atom stereocenters. The zero-order valence-corrected chi connectivity index (χ0v) is 13.7. The third kappa shape index (κ3) is 2.61. The Morgan fingerprint density at radius 1 is 1.00 bits per heavy atom. The molecule has 24 heavy (non-hydrogen) atoms. The van der Waals surface area contributed by atoms with E-state index in [4.69, 9.17) is 0 Å². The van der Waals surface area contributed by atoms with E-state index >= 15 is 0 Å². The van der Waals surface area contributed by atoms with Gasteiger partial charge in [-0.3, -0.25) is 0 Å². The zero-order valence-electron chi connectivity index (χ0n) is 12.9. The van der Waals surface area contributed by atoms with Crippen LogP contribution in [0, 0.1) is 0 Å². The maximum absolute atomic E-state index is 12.9. The van der Waals surface area contributed by atoms with Crippen LogP contribution in [-0.4, -0.2) is 34.0 Å². The van der Waals surface area contributed by atoms with E-state index in [1.807, 2.05) is 24.3 Å². The van der Waals surface area contributed by atoms with E-state index in [0.717, 1.165) is 12.0 Å². The maximum atomic E-state index is 12.9. The van der Waals surface area contributed by atoms with E-state index < -0.39 is 10.0 Å². The molecule has 0 radical (unpaired) electrons. The molecule has 0 N–H and O–H groups in total. The molecule has 122 valence electrons. The molecule has 4 rings (SSSR count).